The van der Waals surface area contributed by atoms with Crippen molar-refractivity contribution < 1.29 is 4.79 Å². The Labute approximate surface area is 164 Å². The third-order valence-corrected chi connectivity index (χ3v) is 4.99. The lowest BCUT2D eigenvalue weighted by Gasteiger charge is -2.35. The SMILES string of the molecule is CN(CCNC(=O)CC1(CN)CCCCC1)Cc1ccccc1.Cl.Cl. The fourth-order valence-electron chi connectivity index (χ4n) is 3.52. The van der Waals surface area contributed by atoms with Crippen LogP contribution in [0.5, 0.6) is 0 Å². The molecule has 0 saturated heterocycles. The third kappa shape index (κ3) is 8.41. The molecule has 25 heavy (non-hydrogen) atoms. The lowest BCUT2D eigenvalue weighted by Crippen LogP contribution is -2.40. The van der Waals surface area contributed by atoms with Gasteiger partial charge in [-0.2, -0.15) is 0 Å². The van der Waals surface area contributed by atoms with Crippen LogP contribution in [-0.4, -0.2) is 37.5 Å². The number of hydrogen-bond acceptors (Lipinski definition) is 3. The number of halogens is 2. The van der Waals surface area contributed by atoms with Crippen molar-refractivity contribution in [2.24, 2.45) is 11.1 Å². The number of hydrogen-bond donors (Lipinski definition) is 2. The monoisotopic (exact) mass is 389 g/mol. The van der Waals surface area contributed by atoms with Crippen molar-refractivity contribution in [3.63, 3.8) is 0 Å². The lowest BCUT2D eigenvalue weighted by molar-refractivity contribution is -0.123. The van der Waals surface area contributed by atoms with Crippen LogP contribution in [0.4, 0.5) is 0 Å². The van der Waals surface area contributed by atoms with Crippen molar-refractivity contribution in [3.8, 4) is 0 Å². The van der Waals surface area contributed by atoms with Gasteiger partial charge >= 0.3 is 0 Å². The van der Waals surface area contributed by atoms with Gasteiger partial charge in [0, 0.05) is 26.1 Å². The second kappa shape index (κ2) is 12.5. The molecule has 1 aliphatic rings. The van der Waals surface area contributed by atoms with Crippen molar-refractivity contribution in [1.29, 1.82) is 0 Å². The van der Waals surface area contributed by atoms with Gasteiger partial charge < -0.3 is 16.0 Å². The molecule has 2 rings (SSSR count). The van der Waals surface area contributed by atoms with Crippen LogP contribution in [0.15, 0.2) is 30.3 Å². The Kier molecular flexibility index (Phi) is 12.1. The zero-order valence-electron chi connectivity index (χ0n) is 15.2. The Morgan fingerprint density at radius 3 is 2.40 bits per heavy atom. The second-order valence-electron chi connectivity index (χ2n) is 7.01. The first-order chi connectivity index (χ1) is 11.1. The molecular weight excluding hydrogens is 357 g/mol. The summed E-state index contributed by atoms with van der Waals surface area (Å²) in [5.74, 6) is 0.158. The van der Waals surface area contributed by atoms with Crippen molar-refractivity contribution in [2.75, 3.05) is 26.7 Å². The van der Waals surface area contributed by atoms with Crippen molar-refractivity contribution >= 4 is 30.7 Å². The Bertz CT molecular complexity index is 479. The maximum absolute atomic E-state index is 12.2. The Morgan fingerprint density at radius 1 is 1.16 bits per heavy atom. The maximum Gasteiger partial charge on any atom is 0.220 e. The van der Waals surface area contributed by atoms with E-state index in [1.165, 1.54) is 24.8 Å². The Morgan fingerprint density at radius 2 is 1.80 bits per heavy atom. The molecule has 0 aromatic heterocycles. The molecule has 0 bridgehead atoms. The number of carbonyl (C=O) groups is 1. The van der Waals surface area contributed by atoms with E-state index in [1.54, 1.807) is 0 Å². The molecule has 4 nitrogen and oxygen atoms in total. The average Bonchev–Trinajstić information content (AvgIpc) is 2.56. The maximum atomic E-state index is 12.2. The van der Waals surface area contributed by atoms with E-state index in [1.807, 2.05) is 6.07 Å². The number of amides is 1. The van der Waals surface area contributed by atoms with E-state index in [-0.39, 0.29) is 36.1 Å². The van der Waals surface area contributed by atoms with Crippen LogP contribution in [0.1, 0.15) is 44.1 Å². The van der Waals surface area contributed by atoms with Gasteiger partial charge in [-0.3, -0.25) is 4.79 Å². The first kappa shape index (κ1) is 24.2. The van der Waals surface area contributed by atoms with Crippen LogP contribution in [0.3, 0.4) is 0 Å². The second-order valence-corrected chi connectivity index (χ2v) is 7.01. The fraction of sp³-hybridized carbons (Fsp3) is 0.632. The first-order valence-electron chi connectivity index (χ1n) is 8.83. The number of likely N-dealkylation sites (N-methyl/N-ethyl adjacent to an activating group) is 1. The first-order valence-corrected chi connectivity index (χ1v) is 8.83. The molecule has 0 radical (unpaired) electrons. The molecule has 1 aromatic carbocycles. The molecule has 3 N–H and O–H groups in total. The van der Waals surface area contributed by atoms with Gasteiger partial charge in [-0.05, 0) is 37.4 Å². The van der Waals surface area contributed by atoms with Gasteiger partial charge in [-0.15, -0.1) is 24.8 Å². The van der Waals surface area contributed by atoms with Crippen LogP contribution >= 0.6 is 24.8 Å². The fourth-order valence-corrected chi connectivity index (χ4v) is 3.52. The van der Waals surface area contributed by atoms with E-state index in [9.17, 15) is 4.79 Å². The molecule has 144 valence electrons. The molecule has 0 aliphatic heterocycles. The van der Waals surface area contributed by atoms with E-state index in [0.717, 1.165) is 25.9 Å². The predicted octanol–water partition coefficient (Wildman–Crippen LogP) is 3.38. The van der Waals surface area contributed by atoms with Gasteiger partial charge in [0.1, 0.15) is 0 Å². The van der Waals surface area contributed by atoms with Crippen molar-refractivity contribution in [3.05, 3.63) is 35.9 Å². The van der Waals surface area contributed by atoms with Crippen molar-refractivity contribution in [1.82, 2.24) is 10.2 Å². The molecule has 1 saturated carbocycles. The quantitative estimate of drug-likeness (QED) is 0.716. The summed E-state index contributed by atoms with van der Waals surface area (Å²) in [6, 6.07) is 10.4. The zero-order valence-corrected chi connectivity index (χ0v) is 16.8. The standard InChI is InChI=1S/C19H31N3O.2ClH/c1-22(15-17-8-4-2-5-9-17)13-12-21-18(23)14-19(16-20)10-6-3-7-11-19;;/h2,4-5,8-9H,3,6-7,10-16,20H2,1H3,(H,21,23);2*1H. The zero-order chi connectivity index (χ0) is 16.5. The van der Waals surface area contributed by atoms with E-state index in [4.69, 9.17) is 5.73 Å². The van der Waals surface area contributed by atoms with Gasteiger partial charge in [0.05, 0.1) is 0 Å². The predicted molar refractivity (Wildman–Crippen MR) is 109 cm³/mol. The minimum atomic E-state index is 0. The van der Waals surface area contributed by atoms with E-state index < -0.39 is 0 Å². The molecule has 1 fully saturated rings. The third-order valence-electron chi connectivity index (χ3n) is 4.99. The molecule has 6 heteroatoms. The largest absolute Gasteiger partial charge is 0.355 e. The van der Waals surface area contributed by atoms with Crippen LogP contribution < -0.4 is 11.1 Å². The summed E-state index contributed by atoms with van der Waals surface area (Å²) < 4.78 is 0. The molecular formula is C19H33Cl2N3O. The molecule has 1 aromatic rings. The molecule has 0 heterocycles. The summed E-state index contributed by atoms with van der Waals surface area (Å²) in [5.41, 5.74) is 7.31. The lowest BCUT2D eigenvalue weighted by atomic mass is 9.71. The van der Waals surface area contributed by atoms with E-state index in [0.29, 0.717) is 19.5 Å². The van der Waals surface area contributed by atoms with Crippen molar-refractivity contribution in [2.45, 2.75) is 45.1 Å². The highest BCUT2D eigenvalue weighted by molar-refractivity contribution is 5.85. The highest BCUT2D eigenvalue weighted by Gasteiger charge is 2.32. The van der Waals surface area contributed by atoms with Crippen LogP contribution in [0.25, 0.3) is 0 Å². The topological polar surface area (TPSA) is 58.4 Å². The molecule has 1 amide bonds. The van der Waals surface area contributed by atoms with Gasteiger partial charge in [-0.1, -0.05) is 49.6 Å². The van der Waals surface area contributed by atoms with Gasteiger partial charge in [0.2, 0.25) is 5.91 Å². The highest BCUT2D eigenvalue weighted by Crippen LogP contribution is 2.38. The van der Waals surface area contributed by atoms with E-state index >= 15 is 0 Å². The highest BCUT2D eigenvalue weighted by atomic mass is 35.5. The molecule has 0 unspecified atom stereocenters. The summed E-state index contributed by atoms with van der Waals surface area (Å²) in [7, 11) is 2.08. The Hall–Kier alpha value is -0.810. The summed E-state index contributed by atoms with van der Waals surface area (Å²) in [5, 5.41) is 3.07. The normalized spacial score (nSPS) is 15.8. The number of nitrogens with zero attached hydrogens (tertiary/aromatic N) is 1. The smallest absolute Gasteiger partial charge is 0.220 e. The molecule has 0 atom stereocenters. The number of nitrogens with two attached hydrogens (primary N) is 1. The number of nitrogens with one attached hydrogen (secondary N) is 1. The number of benzene rings is 1. The number of rotatable bonds is 8. The molecule has 1 aliphatic carbocycles. The molecule has 0 spiro atoms. The Balaban J connectivity index is 0.00000288. The van der Waals surface area contributed by atoms with E-state index in [2.05, 4.69) is 41.5 Å². The van der Waals surface area contributed by atoms with Crippen LogP contribution in [0.2, 0.25) is 0 Å². The summed E-state index contributed by atoms with van der Waals surface area (Å²) >= 11 is 0. The van der Waals surface area contributed by atoms with Crippen LogP contribution in [0, 0.1) is 5.41 Å². The van der Waals surface area contributed by atoms with Crippen LogP contribution in [-0.2, 0) is 11.3 Å². The minimum Gasteiger partial charge on any atom is -0.355 e. The van der Waals surface area contributed by atoms with Gasteiger partial charge in [-0.25, -0.2) is 0 Å². The number of carbonyl (C=O) groups excluding carboxylic acids is 1. The summed E-state index contributed by atoms with van der Waals surface area (Å²) in [6.45, 7) is 3.09. The average molecular weight is 390 g/mol. The summed E-state index contributed by atoms with van der Waals surface area (Å²) in [6.07, 6.45) is 6.50. The summed E-state index contributed by atoms with van der Waals surface area (Å²) in [4.78, 5) is 14.5. The van der Waals surface area contributed by atoms with Gasteiger partial charge in [0.15, 0.2) is 0 Å². The van der Waals surface area contributed by atoms with Gasteiger partial charge in [0.25, 0.3) is 0 Å². The minimum absolute atomic E-state index is 0.